The Bertz CT molecular complexity index is 387. The van der Waals surface area contributed by atoms with E-state index >= 15 is 0 Å². The first-order valence-corrected chi connectivity index (χ1v) is 7.18. The summed E-state index contributed by atoms with van der Waals surface area (Å²) in [6, 6.07) is 3.08. The molecule has 2 N–H and O–H groups in total. The highest BCUT2D eigenvalue weighted by molar-refractivity contribution is 5.48. The molecule has 1 aromatic rings. The first kappa shape index (κ1) is 14.1. The highest BCUT2D eigenvalue weighted by atomic mass is 15.2. The van der Waals surface area contributed by atoms with Gasteiger partial charge < -0.3 is 15.5 Å². The summed E-state index contributed by atoms with van der Waals surface area (Å²) in [4.78, 5) is 10.8. The fourth-order valence-electron chi connectivity index (χ4n) is 2.40. The standard InChI is InChI=1S/C14H25N5/c1-11(2)18-13-9-14(17-10-16-13)19(3)8-6-12-5-4-7-15-12/h9-12,15H,4-8H2,1-3H3,(H,16,17,18). The van der Waals surface area contributed by atoms with Crippen LogP contribution in [0.25, 0.3) is 0 Å². The molecule has 2 rings (SSSR count). The minimum absolute atomic E-state index is 0.385. The van der Waals surface area contributed by atoms with E-state index in [0.29, 0.717) is 12.1 Å². The van der Waals surface area contributed by atoms with Crippen molar-refractivity contribution in [1.29, 1.82) is 0 Å². The predicted octanol–water partition coefficient (Wildman–Crippen LogP) is 1.88. The number of nitrogens with one attached hydrogen (secondary N) is 2. The van der Waals surface area contributed by atoms with Crippen molar-refractivity contribution in [2.75, 3.05) is 30.4 Å². The average molecular weight is 263 g/mol. The number of anilines is 2. The van der Waals surface area contributed by atoms with E-state index in [1.165, 1.54) is 25.8 Å². The number of aromatic nitrogens is 2. The first-order valence-electron chi connectivity index (χ1n) is 7.18. The average Bonchev–Trinajstić information content (AvgIpc) is 2.88. The summed E-state index contributed by atoms with van der Waals surface area (Å²) < 4.78 is 0. The van der Waals surface area contributed by atoms with Crippen molar-refractivity contribution < 1.29 is 0 Å². The topological polar surface area (TPSA) is 53.1 Å². The van der Waals surface area contributed by atoms with Crippen LogP contribution in [0.4, 0.5) is 11.6 Å². The molecule has 0 spiro atoms. The van der Waals surface area contributed by atoms with Crippen molar-refractivity contribution >= 4 is 11.6 Å². The van der Waals surface area contributed by atoms with Crippen LogP contribution >= 0.6 is 0 Å². The van der Waals surface area contributed by atoms with E-state index in [1.54, 1.807) is 6.33 Å². The Labute approximate surface area is 115 Å². The fourth-order valence-corrected chi connectivity index (χ4v) is 2.40. The summed E-state index contributed by atoms with van der Waals surface area (Å²) in [6.45, 7) is 6.41. The second-order valence-corrected chi connectivity index (χ2v) is 5.56. The molecule has 0 aromatic carbocycles. The van der Waals surface area contributed by atoms with Crippen LogP contribution < -0.4 is 15.5 Å². The number of hydrogen-bond donors (Lipinski definition) is 2. The van der Waals surface area contributed by atoms with Gasteiger partial charge >= 0.3 is 0 Å². The largest absolute Gasteiger partial charge is 0.368 e. The smallest absolute Gasteiger partial charge is 0.133 e. The Hall–Kier alpha value is -1.36. The van der Waals surface area contributed by atoms with Crippen molar-refractivity contribution in [3.8, 4) is 0 Å². The molecule has 1 saturated heterocycles. The van der Waals surface area contributed by atoms with Gasteiger partial charge in [0.25, 0.3) is 0 Å². The SMILES string of the molecule is CC(C)Nc1cc(N(C)CCC2CCCN2)ncn1. The Kier molecular flexibility index (Phi) is 4.96. The Morgan fingerprint density at radius 3 is 3.00 bits per heavy atom. The van der Waals surface area contributed by atoms with Crippen LogP contribution in [0.2, 0.25) is 0 Å². The molecule has 0 saturated carbocycles. The predicted molar refractivity (Wildman–Crippen MR) is 79.7 cm³/mol. The molecule has 19 heavy (non-hydrogen) atoms. The molecule has 5 heteroatoms. The lowest BCUT2D eigenvalue weighted by atomic mass is 10.1. The van der Waals surface area contributed by atoms with E-state index in [9.17, 15) is 0 Å². The maximum absolute atomic E-state index is 4.35. The van der Waals surface area contributed by atoms with Crippen LogP contribution in [0.15, 0.2) is 12.4 Å². The van der Waals surface area contributed by atoms with E-state index in [-0.39, 0.29) is 0 Å². The minimum Gasteiger partial charge on any atom is -0.368 e. The molecule has 0 aliphatic carbocycles. The van der Waals surface area contributed by atoms with Gasteiger partial charge in [-0.3, -0.25) is 0 Å². The lowest BCUT2D eigenvalue weighted by Crippen LogP contribution is -2.28. The van der Waals surface area contributed by atoms with Crippen molar-refractivity contribution in [1.82, 2.24) is 15.3 Å². The third kappa shape index (κ3) is 4.35. The number of hydrogen-bond acceptors (Lipinski definition) is 5. The molecule has 0 bridgehead atoms. The Morgan fingerprint density at radius 1 is 1.47 bits per heavy atom. The van der Waals surface area contributed by atoms with Gasteiger partial charge in [-0.1, -0.05) is 0 Å². The zero-order chi connectivity index (χ0) is 13.7. The zero-order valence-corrected chi connectivity index (χ0v) is 12.2. The third-order valence-electron chi connectivity index (χ3n) is 3.46. The molecule has 2 heterocycles. The van der Waals surface area contributed by atoms with E-state index < -0.39 is 0 Å². The summed E-state index contributed by atoms with van der Waals surface area (Å²) in [6.07, 6.45) is 5.42. The lowest BCUT2D eigenvalue weighted by molar-refractivity contribution is 0.558. The zero-order valence-electron chi connectivity index (χ0n) is 12.2. The highest BCUT2D eigenvalue weighted by Crippen LogP contribution is 2.15. The van der Waals surface area contributed by atoms with Crippen LogP contribution in [0, 0.1) is 0 Å². The van der Waals surface area contributed by atoms with Gasteiger partial charge in [-0.25, -0.2) is 9.97 Å². The van der Waals surface area contributed by atoms with Crippen molar-refractivity contribution in [3.63, 3.8) is 0 Å². The van der Waals surface area contributed by atoms with Gasteiger partial charge in [0.1, 0.15) is 18.0 Å². The van der Waals surface area contributed by atoms with Crippen molar-refractivity contribution in [3.05, 3.63) is 12.4 Å². The second-order valence-electron chi connectivity index (χ2n) is 5.56. The van der Waals surface area contributed by atoms with E-state index in [2.05, 4.69) is 46.4 Å². The van der Waals surface area contributed by atoms with Gasteiger partial charge in [-0.05, 0) is 39.7 Å². The molecule has 0 amide bonds. The molecular weight excluding hydrogens is 238 g/mol. The fraction of sp³-hybridized carbons (Fsp3) is 0.714. The molecule has 1 aliphatic rings. The summed E-state index contributed by atoms with van der Waals surface area (Å²) in [5.74, 6) is 1.88. The van der Waals surface area contributed by atoms with Crippen molar-refractivity contribution in [2.45, 2.75) is 45.2 Å². The molecule has 1 aliphatic heterocycles. The van der Waals surface area contributed by atoms with E-state index in [4.69, 9.17) is 0 Å². The van der Waals surface area contributed by atoms with Gasteiger partial charge in [0.15, 0.2) is 0 Å². The second kappa shape index (κ2) is 6.70. The molecule has 5 nitrogen and oxygen atoms in total. The molecule has 1 fully saturated rings. The Morgan fingerprint density at radius 2 is 2.32 bits per heavy atom. The Balaban J connectivity index is 1.88. The maximum atomic E-state index is 4.35. The summed E-state index contributed by atoms with van der Waals surface area (Å²) >= 11 is 0. The van der Waals surface area contributed by atoms with Crippen LogP contribution in [0.1, 0.15) is 33.1 Å². The maximum Gasteiger partial charge on any atom is 0.133 e. The quantitative estimate of drug-likeness (QED) is 0.820. The normalized spacial score (nSPS) is 18.8. The van der Waals surface area contributed by atoms with Crippen molar-refractivity contribution in [2.24, 2.45) is 0 Å². The van der Waals surface area contributed by atoms with Gasteiger partial charge in [-0.15, -0.1) is 0 Å². The van der Waals surface area contributed by atoms with Gasteiger partial charge in [-0.2, -0.15) is 0 Å². The van der Waals surface area contributed by atoms with E-state index in [0.717, 1.165) is 18.2 Å². The van der Waals surface area contributed by atoms with Crippen LogP contribution in [-0.2, 0) is 0 Å². The lowest BCUT2D eigenvalue weighted by Gasteiger charge is -2.21. The summed E-state index contributed by atoms with van der Waals surface area (Å²) in [5.41, 5.74) is 0. The van der Waals surface area contributed by atoms with Crippen LogP contribution in [0.5, 0.6) is 0 Å². The van der Waals surface area contributed by atoms with E-state index in [1.807, 2.05) is 6.07 Å². The molecule has 1 unspecified atom stereocenters. The first-order chi connectivity index (χ1) is 9.15. The van der Waals surface area contributed by atoms with Crippen LogP contribution in [0.3, 0.4) is 0 Å². The number of rotatable bonds is 6. The van der Waals surface area contributed by atoms with Gasteiger partial charge in [0.2, 0.25) is 0 Å². The monoisotopic (exact) mass is 263 g/mol. The third-order valence-corrected chi connectivity index (χ3v) is 3.46. The van der Waals surface area contributed by atoms with Gasteiger partial charge in [0.05, 0.1) is 0 Å². The molecule has 106 valence electrons. The van der Waals surface area contributed by atoms with Crippen LogP contribution in [-0.4, -0.2) is 42.2 Å². The molecule has 1 aromatic heterocycles. The minimum atomic E-state index is 0.385. The summed E-state index contributed by atoms with van der Waals surface area (Å²) in [5, 5.41) is 6.84. The summed E-state index contributed by atoms with van der Waals surface area (Å²) in [7, 11) is 2.09. The molecule has 0 radical (unpaired) electrons. The number of nitrogens with zero attached hydrogens (tertiary/aromatic N) is 3. The highest BCUT2D eigenvalue weighted by Gasteiger charge is 2.14. The molecule has 1 atom stereocenters. The van der Waals surface area contributed by atoms with Gasteiger partial charge in [0, 0.05) is 31.7 Å². The molecular formula is C14H25N5.